The summed E-state index contributed by atoms with van der Waals surface area (Å²) >= 11 is 6.92. The summed E-state index contributed by atoms with van der Waals surface area (Å²) in [5, 5.41) is 13.4. The largest absolute Gasteiger partial charge is 0.367 e. The molecule has 226 valence electrons. The van der Waals surface area contributed by atoms with Crippen LogP contribution in [0, 0.1) is 18.3 Å². The van der Waals surface area contributed by atoms with E-state index in [4.69, 9.17) is 12.2 Å². The molecule has 0 aliphatic carbocycles. The Kier molecular flexibility index (Phi) is 14.3. The maximum Gasteiger partial charge on any atom is 0.270 e. The average molecular weight is 607 g/mol. The van der Waals surface area contributed by atoms with Gasteiger partial charge in [0.1, 0.15) is 21.8 Å². The summed E-state index contributed by atoms with van der Waals surface area (Å²) in [6.45, 7) is 7.72. The Bertz CT molecular complexity index is 1330. The van der Waals surface area contributed by atoms with Crippen molar-refractivity contribution in [2.75, 3.05) is 11.9 Å². The van der Waals surface area contributed by atoms with Gasteiger partial charge in [-0.25, -0.2) is 0 Å². The molecule has 1 saturated heterocycles. The van der Waals surface area contributed by atoms with E-state index in [-0.39, 0.29) is 17.0 Å². The highest BCUT2D eigenvalue weighted by atomic mass is 32.2. The summed E-state index contributed by atoms with van der Waals surface area (Å²) in [6, 6.07) is 12.1. The summed E-state index contributed by atoms with van der Waals surface area (Å²) < 4.78 is 2.23. The zero-order chi connectivity index (χ0) is 30.3. The fraction of sp³-hybridized carbons (Fsp3) is 0.529. The number of rotatable bonds is 18. The van der Waals surface area contributed by atoms with Gasteiger partial charge in [-0.05, 0) is 37.0 Å². The first kappa shape index (κ1) is 33.6. The zero-order valence-electron chi connectivity index (χ0n) is 25.5. The molecule has 0 unspecified atom stereocenters. The van der Waals surface area contributed by atoms with E-state index in [1.165, 1.54) is 63.1 Å². The maximum absolute atomic E-state index is 13.5. The third-order valence-electron chi connectivity index (χ3n) is 7.80. The lowest BCUT2D eigenvalue weighted by Crippen LogP contribution is -2.29. The lowest BCUT2D eigenvalue weighted by atomic mass is 10.0. The number of carbonyl (C=O) groups is 1. The molecule has 1 aromatic heterocycles. The van der Waals surface area contributed by atoms with Gasteiger partial charge in [-0.1, -0.05) is 132 Å². The molecule has 1 aliphatic rings. The predicted octanol–water partition coefficient (Wildman–Crippen LogP) is 8.56. The molecule has 1 aliphatic heterocycles. The van der Waals surface area contributed by atoms with Crippen LogP contribution in [-0.4, -0.2) is 26.2 Å². The fourth-order valence-electron chi connectivity index (χ4n) is 5.25. The normalized spacial score (nSPS) is 14.1. The highest BCUT2D eigenvalue weighted by Gasteiger charge is 2.32. The van der Waals surface area contributed by atoms with Gasteiger partial charge >= 0.3 is 0 Å². The predicted molar refractivity (Wildman–Crippen MR) is 181 cm³/mol. The summed E-state index contributed by atoms with van der Waals surface area (Å²) in [5.41, 5.74) is 2.15. The van der Waals surface area contributed by atoms with Gasteiger partial charge in [0.25, 0.3) is 11.5 Å². The van der Waals surface area contributed by atoms with Crippen LogP contribution in [0.5, 0.6) is 0 Å². The number of carbonyl (C=O) groups excluding carboxylic acids is 1. The third kappa shape index (κ3) is 9.31. The average Bonchev–Trinajstić information content (AvgIpc) is 3.26. The maximum atomic E-state index is 13.5. The van der Waals surface area contributed by atoms with E-state index in [0.717, 1.165) is 31.2 Å². The van der Waals surface area contributed by atoms with Gasteiger partial charge in [0.2, 0.25) is 0 Å². The van der Waals surface area contributed by atoms with Crippen molar-refractivity contribution in [1.82, 2.24) is 9.47 Å². The quantitative estimate of drug-likeness (QED) is 0.104. The SMILES string of the molecule is CCCCCCCCCCCCN1C(=O)/C(=C\c2c(C)c(C#N)c(=O)n(CCCC)c2NCc2ccccc2)SC1=S. The van der Waals surface area contributed by atoms with E-state index in [0.29, 0.717) is 45.8 Å². The molecular formula is C34H46N4O2S2. The van der Waals surface area contributed by atoms with E-state index in [9.17, 15) is 14.9 Å². The lowest BCUT2D eigenvalue weighted by molar-refractivity contribution is -0.122. The lowest BCUT2D eigenvalue weighted by Gasteiger charge is -2.20. The number of benzene rings is 1. The third-order valence-corrected chi connectivity index (χ3v) is 9.17. The molecule has 6 nitrogen and oxygen atoms in total. The molecule has 2 aromatic rings. The van der Waals surface area contributed by atoms with Gasteiger partial charge in [-0.3, -0.25) is 19.1 Å². The first-order valence-corrected chi connectivity index (χ1v) is 16.9. The van der Waals surface area contributed by atoms with Crippen molar-refractivity contribution in [3.05, 3.63) is 67.8 Å². The number of nitriles is 1. The molecule has 1 amide bonds. The van der Waals surface area contributed by atoms with Crippen LogP contribution in [-0.2, 0) is 17.9 Å². The van der Waals surface area contributed by atoms with E-state index in [1.54, 1.807) is 16.4 Å². The van der Waals surface area contributed by atoms with Crippen LogP contribution in [0.1, 0.15) is 113 Å². The number of aromatic nitrogens is 1. The molecule has 0 spiro atoms. The minimum absolute atomic E-state index is 0.0980. The zero-order valence-corrected chi connectivity index (χ0v) is 27.2. The molecule has 3 rings (SSSR count). The van der Waals surface area contributed by atoms with Crippen molar-refractivity contribution < 1.29 is 4.79 Å². The van der Waals surface area contributed by atoms with Gasteiger partial charge < -0.3 is 5.32 Å². The molecule has 2 heterocycles. The highest BCUT2D eigenvalue weighted by Crippen LogP contribution is 2.35. The Morgan fingerprint density at radius 1 is 0.905 bits per heavy atom. The Balaban J connectivity index is 1.77. The standard InChI is InChI=1S/C34H46N4O2S2/c1-4-6-8-9-10-11-12-13-14-18-22-38-33(40)30(42-34(38)41)23-28-26(3)29(24-35)32(39)37(21-7-5-2)31(28)36-25-27-19-16-15-17-20-27/h15-17,19-20,23,36H,4-14,18,21-22,25H2,1-3H3/b30-23+. The Morgan fingerprint density at radius 2 is 1.52 bits per heavy atom. The number of hydrogen-bond donors (Lipinski definition) is 1. The Hall–Kier alpha value is -2.89. The Morgan fingerprint density at radius 3 is 2.14 bits per heavy atom. The molecule has 1 N–H and O–H groups in total. The first-order chi connectivity index (χ1) is 20.4. The minimum Gasteiger partial charge on any atom is -0.367 e. The van der Waals surface area contributed by atoms with Crippen molar-refractivity contribution in [3.8, 4) is 6.07 Å². The number of thiocarbonyl (C=S) groups is 1. The molecular weight excluding hydrogens is 561 g/mol. The Labute approximate surface area is 261 Å². The number of thioether (sulfide) groups is 1. The van der Waals surface area contributed by atoms with Crippen LogP contribution in [0.3, 0.4) is 0 Å². The summed E-state index contributed by atoms with van der Waals surface area (Å²) in [7, 11) is 0. The summed E-state index contributed by atoms with van der Waals surface area (Å²) in [6.07, 6.45) is 15.9. The minimum atomic E-state index is -0.301. The van der Waals surface area contributed by atoms with Crippen molar-refractivity contribution in [1.29, 1.82) is 5.26 Å². The number of amides is 1. The monoisotopic (exact) mass is 606 g/mol. The van der Waals surface area contributed by atoms with Crippen LogP contribution >= 0.6 is 24.0 Å². The van der Waals surface area contributed by atoms with Gasteiger partial charge in [0, 0.05) is 25.2 Å². The molecule has 0 saturated carbocycles. The number of unbranched alkanes of at least 4 members (excludes halogenated alkanes) is 10. The number of hydrogen-bond acceptors (Lipinski definition) is 6. The second-order valence-corrected chi connectivity index (χ2v) is 12.7. The molecule has 0 bridgehead atoms. The van der Waals surface area contributed by atoms with E-state index >= 15 is 0 Å². The van der Waals surface area contributed by atoms with Crippen LogP contribution in [0.2, 0.25) is 0 Å². The second kappa shape index (κ2) is 17.9. The van der Waals surface area contributed by atoms with Crippen molar-refractivity contribution in [2.24, 2.45) is 0 Å². The van der Waals surface area contributed by atoms with Gasteiger partial charge in [-0.15, -0.1) is 0 Å². The molecule has 1 aromatic carbocycles. The second-order valence-electron chi connectivity index (χ2n) is 11.0. The summed E-state index contributed by atoms with van der Waals surface area (Å²) in [5.74, 6) is 0.535. The number of nitrogens with one attached hydrogen (secondary N) is 1. The fourth-order valence-corrected chi connectivity index (χ4v) is 6.54. The van der Waals surface area contributed by atoms with Crippen LogP contribution in [0.4, 0.5) is 5.82 Å². The number of nitrogens with zero attached hydrogens (tertiary/aromatic N) is 3. The van der Waals surface area contributed by atoms with Crippen molar-refractivity contribution in [3.63, 3.8) is 0 Å². The molecule has 0 radical (unpaired) electrons. The van der Waals surface area contributed by atoms with Crippen molar-refractivity contribution in [2.45, 2.75) is 111 Å². The summed E-state index contributed by atoms with van der Waals surface area (Å²) in [4.78, 5) is 29.1. The number of anilines is 1. The molecule has 8 heteroatoms. The van der Waals surface area contributed by atoms with E-state index < -0.39 is 0 Å². The van der Waals surface area contributed by atoms with Crippen LogP contribution in [0.15, 0.2) is 40.0 Å². The molecule has 1 fully saturated rings. The first-order valence-electron chi connectivity index (χ1n) is 15.6. The van der Waals surface area contributed by atoms with Crippen LogP contribution in [0.25, 0.3) is 6.08 Å². The number of pyridine rings is 1. The molecule has 0 atom stereocenters. The van der Waals surface area contributed by atoms with E-state index in [2.05, 4.69) is 25.2 Å². The van der Waals surface area contributed by atoms with Gasteiger partial charge in [-0.2, -0.15) is 5.26 Å². The van der Waals surface area contributed by atoms with Crippen LogP contribution < -0.4 is 10.9 Å². The van der Waals surface area contributed by atoms with Gasteiger partial charge in [0.15, 0.2) is 0 Å². The van der Waals surface area contributed by atoms with Crippen molar-refractivity contribution >= 4 is 46.1 Å². The van der Waals surface area contributed by atoms with E-state index in [1.807, 2.05) is 36.4 Å². The topological polar surface area (TPSA) is 78.1 Å². The molecule has 42 heavy (non-hydrogen) atoms. The highest BCUT2D eigenvalue weighted by molar-refractivity contribution is 8.26. The smallest absolute Gasteiger partial charge is 0.270 e. The van der Waals surface area contributed by atoms with Gasteiger partial charge in [0.05, 0.1) is 4.91 Å².